The molecule has 0 radical (unpaired) electrons. The molecule has 8 heteroatoms. The van der Waals surface area contributed by atoms with Crippen LogP contribution in [0.5, 0.6) is 0 Å². The van der Waals surface area contributed by atoms with Gasteiger partial charge in [-0.15, -0.1) is 0 Å². The summed E-state index contributed by atoms with van der Waals surface area (Å²) in [6.45, 7) is -0.0548. The predicted molar refractivity (Wildman–Crippen MR) is 82.2 cm³/mol. The maximum Gasteiger partial charge on any atom is 0.357 e. The van der Waals surface area contributed by atoms with Crippen molar-refractivity contribution in [2.45, 2.75) is 13.0 Å². The number of nitrogens with zero attached hydrogens (tertiary/aromatic N) is 2. The summed E-state index contributed by atoms with van der Waals surface area (Å²) in [5.41, 5.74) is -0.0890. The molecule has 1 N–H and O–H groups in total. The largest absolute Gasteiger partial charge is 0.476 e. The Labute approximate surface area is 139 Å². The molecule has 1 aromatic heterocycles. The molecular weight excluding hydrogens is 345 g/mol. The van der Waals surface area contributed by atoms with Gasteiger partial charge < -0.3 is 5.11 Å². The molecular formula is C16H10ClF3N2O2. The first-order valence-electron chi connectivity index (χ1n) is 6.82. The Morgan fingerprint density at radius 2 is 2.00 bits per heavy atom. The molecule has 0 unspecified atom stereocenters. The quantitative estimate of drug-likeness (QED) is 0.749. The van der Waals surface area contributed by atoms with Gasteiger partial charge in [0.25, 0.3) is 6.43 Å². The molecule has 0 aliphatic carbocycles. The Kier molecular flexibility index (Phi) is 4.19. The summed E-state index contributed by atoms with van der Waals surface area (Å²) in [7, 11) is 0. The van der Waals surface area contributed by atoms with E-state index in [4.69, 9.17) is 11.6 Å². The highest BCUT2D eigenvalue weighted by Gasteiger charge is 2.19. The second-order valence-electron chi connectivity index (χ2n) is 5.12. The van der Waals surface area contributed by atoms with E-state index in [0.717, 1.165) is 12.1 Å². The molecule has 0 bridgehead atoms. The number of aromatic nitrogens is 2. The molecule has 0 aliphatic heterocycles. The average molecular weight is 355 g/mol. The van der Waals surface area contributed by atoms with Crippen LogP contribution in [-0.2, 0) is 6.54 Å². The van der Waals surface area contributed by atoms with Gasteiger partial charge >= 0.3 is 5.97 Å². The molecule has 0 amide bonds. The maximum atomic E-state index is 13.9. The third-order valence-corrected chi connectivity index (χ3v) is 3.80. The molecule has 1 heterocycles. The summed E-state index contributed by atoms with van der Waals surface area (Å²) in [4.78, 5) is 11.3. The van der Waals surface area contributed by atoms with Crippen LogP contribution in [0.2, 0.25) is 5.02 Å². The van der Waals surface area contributed by atoms with Gasteiger partial charge in [-0.3, -0.25) is 4.68 Å². The van der Waals surface area contributed by atoms with Crippen molar-refractivity contribution < 1.29 is 23.1 Å². The standard InChI is InChI=1S/C16H10ClF3N2O2/c17-10-3-1-9(12(18)6-10)7-22-13-4-2-8(15(19)20)5-11(13)14(21-22)16(23)24/h1-6,15H,7H2,(H,23,24). The fourth-order valence-electron chi connectivity index (χ4n) is 2.42. The van der Waals surface area contributed by atoms with E-state index in [9.17, 15) is 23.1 Å². The molecule has 2 aromatic carbocycles. The monoisotopic (exact) mass is 354 g/mol. The van der Waals surface area contributed by atoms with E-state index >= 15 is 0 Å². The number of carboxylic acid groups (broad SMARTS) is 1. The van der Waals surface area contributed by atoms with Crippen LogP contribution in [0.25, 0.3) is 10.9 Å². The van der Waals surface area contributed by atoms with Crippen molar-refractivity contribution in [3.05, 3.63) is 64.1 Å². The lowest BCUT2D eigenvalue weighted by molar-refractivity contribution is 0.0691. The lowest BCUT2D eigenvalue weighted by atomic mass is 10.1. The van der Waals surface area contributed by atoms with E-state index in [1.807, 2.05) is 0 Å². The van der Waals surface area contributed by atoms with Crippen molar-refractivity contribution in [3.8, 4) is 0 Å². The topological polar surface area (TPSA) is 55.1 Å². The molecule has 124 valence electrons. The van der Waals surface area contributed by atoms with E-state index in [0.29, 0.717) is 5.52 Å². The fourth-order valence-corrected chi connectivity index (χ4v) is 2.58. The third kappa shape index (κ3) is 2.94. The van der Waals surface area contributed by atoms with Crippen molar-refractivity contribution >= 4 is 28.5 Å². The highest BCUT2D eigenvalue weighted by atomic mass is 35.5. The van der Waals surface area contributed by atoms with Crippen LogP contribution in [-0.4, -0.2) is 20.9 Å². The molecule has 3 aromatic rings. The van der Waals surface area contributed by atoms with Crippen LogP contribution in [0.4, 0.5) is 13.2 Å². The minimum Gasteiger partial charge on any atom is -0.476 e. The smallest absolute Gasteiger partial charge is 0.357 e. The average Bonchev–Trinajstić information content (AvgIpc) is 2.88. The third-order valence-electron chi connectivity index (χ3n) is 3.56. The second kappa shape index (κ2) is 6.16. The lowest BCUT2D eigenvalue weighted by Gasteiger charge is -2.06. The van der Waals surface area contributed by atoms with Crippen molar-refractivity contribution in [1.82, 2.24) is 9.78 Å². The van der Waals surface area contributed by atoms with Crippen LogP contribution in [0.1, 0.15) is 28.0 Å². The van der Waals surface area contributed by atoms with Crippen molar-refractivity contribution in [2.75, 3.05) is 0 Å². The number of hydrogen-bond acceptors (Lipinski definition) is 2. The molecule has 0 saturated carbocycles. The Morgan fingerprint density at radius 1 is 1.25 bits per heavy atom. The Hall–Kier alpha value is -2.54. The number of hydrogen-bond donors (Lipinski definition) is 1. The minimum atomic E-state index is -2.73. The van der Waals surface area contributed by atoms with Crippen LogP contribution in [0.15, 0.2) is 36.4 Å². The fraction of sp³-hybridized carbons (Fsp3) is 0.125. The van der Waals surface area contributed by atoms with Gasteiger partial charge in [-0.2, -0.15) is 5.10 Å². The zero-order valence-electron chi connectivity index (χ0n) is 12.0. The van der Waals surface area contributed by atoms with E-state index < -0.39 is 18.2 Å². The van der Waals surface area contributed by atoms with Gasteiger partial charge in [-0.25, -0.2) is 18.0 Å². The molecule has 0 saturated heterocycles. The summed E-state index contributed by atoms with van der Waals surface area (Å²) in [5, 5.41) is 13.5. The number of carboxylic acids is 1. The molecule has 0 fully saturated rings. The number of alkyl halides is 2. The summed E-state index contributed by atoms with van der Waals surface area (Å²) in [6.07, 6.45) is -2.73. The first-order valence-corrected chi connectivity index (χ1v) is 7.20. The summed E-state index contributed by atoms with van der Waals surface area (Å²) in [5.74, 6) is -1.91. The SMILES string of the molecule is O=C(O)c1nn(Cc2ccc(Cl)cc2F)c2ccc(C(F)F)cc12. The molecule has 0 atom stereocenters. The van der Waals surface area contributed by atoms with Crippen molar-refractivity contribution in [3.63, 3.8) is 0 Å². The van der Waals surface area contributed by atoms with Gasteiger partial charge in [0, 0.05) is 21.5 Å². The molecule has 0 aliphatic rings. The number of aromatic carboxylic acids is 1. The van der Waals surface area contributed by atoms with Gasteiger partial charge in [0.05, 0.1) is 12.1 Å². The van der Waals surface area contributed by atoms with E-state index in [1.165, 1.54) is 28.9 Å². The van der Waals surface area contributed by atoms with Gasteiger partial charge in [0.15, 0.2) is 5.69 Å². The van der Waals surface area contributed by atoms with Gasteiger partial charge in [-0.1, -0.05) is 23.7 Å². The van der Waals surface area contributed by atoms with Crippen molar-refractivity contribution in [1.29, 1.82) is 0 Å². The summed E-state index contributed by atoms with van der Waals surface area (Å²) in [6, 6.07) is 7.72. The lowest BCUT2D eigenvalue weighted by Crippen LogP contribution is -2.06. The first-order chi connectivity index (χ1) is 11.4. The Morgan fingerprint density at radius 3 is 2.62 bits per heavy atom. The number of rotatable bonds is 4. The van der Waals surface area contributed by atoms with E-state index in [-0.39, 0.29) is 33.8 Å². The van der Waals surface area contributed by atoms with Crippen LogP contribution in [0, 0.1) is 5.82 Å². The number of benzene rings is 2. The highest BCUT2D eigenvalue weighted by Crippen LogP contribution is 2.27. The first kappa shape index (κ1) is 16.3. The van der Waals surface area contributed by atoms with Crippen LogP contribution >= 0.6 is 11.6 Å². The second-order valence-corrected chi connectivity index (χ2v) is 5.56. The Balaban J connectivity index is 2.12. The van der Waals surface area contributed by atoms with Gasteiger partial charge in [0.1, 0.15) is 5.82 Å². The zero-order valence-corrected chi connectivity index (χ0v) is 12.8. The molecule has 3 rings (SSSR count). The van der Waals surface area contributed by atoms with Crippen molar-refractivity contribution in [2.24, 2.45) is 0 Å². The predicted octanol–water partition coefficient (Wildman–Crippen LogP) is 4.51. The van der Waals surface area contributed by atoms with E-state index in [2.05, 4.69) is 5.10 Å². The molecule has 24 heavy (non-hydrogen) atoms. The van der Waals surface area contributed by atoms with E-state index in [1.54, 1.807) is 0 Å². The summed E-state index contributed by atoms with van der Waals surface area (Å²) < 4.78 is 40.9. The maximum absolute atomic E-state index is 13.9. The Bertz CT molecular complexity index is 940. The number of fused-ring (bicyclic) bond motifs is 1. The van der Waals surface area contributed by atoms with Crippen LogP contribution < -0.4 is 0 Å². The molecule has 0 spiro atoms. The normalized spacial score (nSPS) is 11.4. The number of carbonyl (C=O) groups is 1. The van der Waals surface area contributed by atoms with Crippen LogP contribution in [0.3, 0.4) is 0 Å². The minimum absolute atomic E-state index is 0.0548. The van der Waals surface area contributed by atoms with Gasteiger partial charge in [0.2, 0.25) is 0 Å². The summed E-state index contributed by atoms with van der Waals surface area (Å²) >= 11 is 5.70. The van der Waals surface area contributed by atoms with Gasteiger partial charge in [-0.05, 0) is 24.3 Å². The zero-order chi connectivity index (χ0) is 17.4. The number of halogens is 4. The highest BCUT2D eigenvalue weighted by molar-refractivity contribution is 6.30. The molecule has 4 nitrogen and oxygen atoms in total.